The van der Waals surface area contributed by atoms with Crippen molar-refractivity contribution in [3.63, 3.8) is 0 Å². The van der Waals surface area contributed by atoms with Crippen LogP contribution in [0.1, 0.15) is 67.2 Å². The Morgan fingerprint density at radius 2 is 1.33 bits per heavy atom. The molecule has 0 saturated heterocycles. The maximum atomic E-state index is 3.48. The highest BCUT2D eigenvalue weighted by Crippen LogP contribution is 2.00. The molecule has 21 heavy (non-hydrogen) atoms. The first-order chi connectivity index (χ1) is 10.1. The van der Waals surface area contributed by atoms with Gasteiger partial charge in [0.25, 0.3) is 0 Å². The van der Waals surface area contributed by atoms with Gasteiger partial charge >= 0.3 is 0 Å². The van der Waals surface area contributed by atoms with Crippen molar-refractivity contribution in [2.75, 3.05) is 46.3 Å². The Morgan fingerprint density at radius 1 is 0.810 bits per heavy atom. The molecule has 0 atom stereocenters. The summed E-state index contributed by atoms with van der Waals surface area (Å²) in [6, 6.07) is 0.623. The predicted molar refractivity (Wildman–Crippen MR) is 98.2 cm³/mol. The van der Waals surface area contributed by atoms with Crippen LogP contribution in [0.4, 0.5) is 0 Å². The van der Waals surface area contributed by atoms with E-state index < -0.39 is 0 Å². The SMILES string of the molecule is CC.CCN(C)CCCCN(CC)CCCCNC(C)C. The van der Waals surface area contributed by atoms with Crippen LogP contribution in [0.3, 0.4) is 0 Å². The summed E-state index contributed by atoms with van der Waals surface area (Å²) < 4.78 is 0. The first-order valence-corrected chi connectivity index (χ1v) is 9.24. The molecule has 0 rings (SSSR count). The molecule has 0 fully saturated rings. The van der Waals surface area contributed by atoms with E-state index in [9.17, 15) is 0 Å². The van der Waals surface area contributed by atoms with Gasteiger partial charge in [-0.3, -0.25) is 0 Å². The maximum Gasteiger partial charge on any atom is 0.00103 e. The van der Waals surface area contributed by atoms with Crippen LogP contribution in [-0.2, 0) is 0 Å². The van der Waals surface area contributed by atoms with Crippen LogP contribution in [0.5, 0.6) is 0 Å². The number of hydrogen-bond donors (Lipinski definition) is 1. The van der Waals surface area contributed by atoms with Crippen molar-refractivity contribution in [3.8, 4) is 0 Å². The van der Waals surface area contributed by atoms with Crippen LogP contribution in [0.25, 0.3) is 0 Å². The first kappa shape index (κ1) is 23.2. The summed E-state index contributed by atoms with van der Waals surface area (Å²) in [5, 5.41) is 3.48. The minimum atomic E-state index is 0.623. The van der Waals surface area contributed by atoms with Gasteiger partial charge in [0.15, 0.2) is 0 Å². The second kappa shape index (κ2) is 17.9. The average Bonchev–Trinajstić information content (AvgIpc) is 2.50. The summed E-state index contributed by atoms with van der Waals surface area (Å²) in [7, 11) is 2.21. The quantitative estimate of drug-likeness (QED) is 0.521. The van der Waals surface area contributed by atoms with E-state index in [0.29, 0.717) is 6.04 Å². The monoisotopic (exact) mass is 301 g/mol. The Hall–Kier alpha value is -0.120. The summed E-state index contributed by atoms with van der Waals surface area (Å²) in [6.45, 7) is 20.2. The highest BCUT2D eigenvalue weighted by molar-refractivity contribution is 4.59. The molecule has 0 heterocycles. The zero-order valence-corrected chi connectivity index (χ0v) is 16.0. The standard InChI is InChI=1S/C16H37N3.C2H6/c1-6-18(5)13-10-11-15-19(7-2)14-9-8-12-17-16(3)4;1-2/h16-17H,6-15H2,1-5H3;1-2H3. The Balaban J connectivity index is 0. The predicted octanol–water partition coefficient (Wildman–Crippen LogP) is 3.84. The van der Waals surface area contributed by atoms with E-state index in [4.69, 9.17) is 0 Å². The van der Waals surface area contributed by atoms with Gasteiger partial charge in [-0.15, -0.1) is 0 Å². The van der Waals surface area contributed by atoms with Crippen LogP contribution in [-0.4, -0.2) is 62.2 Å². The molecule has 0 unspecified atom stereocenters. The van der Waals surface area contributed by atoms with Gasteiger partial charge in [0.05, 0.1) is 0 Å². The summed E-state index contributed by atoms with van der Waals surface area (Å²) in [5.74, 6) is 0. The van der Waals surface area contributed by atoms with Gasteiger partial charge in [-0.25, -0.2) is 0 Å². The number of unbranched alkanes of at least 4 members (excludes halogenated alkanes) is 2. The second-order valence-corrected chi connectivity index (χ2v) is 5.85. The van der Waals surface area contributed by atoms with Gasteiger partial charge < -0.3 is 15.1 Å². The van der Waals surface area contributed by atoms with Gasteiger partial charge in [0, 0.05) is 6.04 Å². The molecule has 0 amide bonds. The van der Waals surface area contributed by atoms with E-state index >= 15 is 0 Å². The van der Waals surface area contributed by atoms with E-state index in [-0.39, 0.29) is 0 Å². The van der Waals surface area contributed by atoms with Gasteiger partial charge in [0.1, 0.15) is 0 Å². The topological polar surface area (TPSA) is 18.5 Å². The van der Waals surface area contributed by atoms with E-state index in [1.165, 1.54) is 58.4 Å². The highest BCUT2D eigenvalue weighted by Gasteiger charge is 2.02. The maximum absolute atomic E-state index is 3.48. The van der Waals surface area contributed by atoms with Crippen LogP contribution in [0, 0.1) is 0 Å². The molecule has 0 radical (unpaired) electrons. The van der Waals surface area contributed by atoms with E-state index in [1.807, 2.05) is 13.8 Å². The van der Waals surface area contributed by atoms with E-state index in [0.717, 1.165) is 6.54 Å². The molecule has 3 nitrogen and oxygen atoms in total. The molecule has 0 saturated carbocycles. The van der Waals surface area contributed by atoms with Crippen molar-refractivity contribution in [1.82, 2.24) is 15.1 Å². The summed E-state index contributed by atoms with van der Waals surface area (Å²) in [5.41, 5.74) is 0. The third-order valence-electron chi connectivity index (χ3n) is 3.70. The van der Waals surface area contributed by atoms with Crippen LogP contribution >= 0.6 is 0 Å². The molecule has 0 aliphatic carbocycles. The molecular formula is C18H43N3. The van der Waals surface area contributed by atoms with Crippen molar-refractivity contribution < 1.29 is 0 Å². The Kier molecular flexibility index (Phi) is 19.8. The molecule has 0 aromatic rings. The van der Waals surface area contributed by atoms with Crippen molar-refractivity contribution >= 4 is 0 Å². The van der Waals surface area contributed by atoms with Crippen molar-refractivity contribution in [2.45, 2.75) is 73.3 Å². The van der Waals surface area contributed by atoms with E-state index in [1.54, 1.807) is 0 Å². The fraction of sp³-hybridized carbons (Fsp3) is 1.00. The van der Waals surface area contributed by atoms with E-state index in [2.05, 4.69) is 49.9 Å². The van der Waals surface area contributed by atoms with Gasteiger partial charge in [-0.2, -0.15) is 0 Å². The molecule has 0 bridgehead atoms. The Morgan fingerprint density at radius 3 is 1.81 bits per heavy atom. The lowest BCUT2D eigenvalue weighted by atomic mass is 10.2. The molecule has 0 aliphatic heterocycles. The molecule has 0 aromatic carbocycles. The lowest BCUT2D eigenvalue weighted by Crippen LogP contribution is -2.28. The molecular weight excluding hydrogens is 258 g/mol. The first-order valence-electron chi connectivity index (χ1n) is 9.24. The lowest BCUT2D eigenvalue weighted by Gasteiger charge is -2.21. The number of hydrogen-bond acceptors (Lipinski definition) is 3. The molecule has 0 spiro atoms. The summed E-state index contributed by atoms with van der Waals surface area (Å²) >= 11 is 0. The molecule has 0 aliphatic rings. The lowest BCUT2D eigenvalue weighted by molar-refractivity contribution is 0.264. The van der Waals surface area contributed by atoms with Crippen molar-refractivity contribution in [2.24, 2.45) is 0 Å². The third-order valence-corrected chi connectivity index (χ3v) is 3.70. The van der Waals surface area contributed by atoms with Gasteiger partial charge in [-0.05, 0) is 72.0 Å². The number of nitrogens with zero attached hydrogens (tertiary/aromatic N) is 2. The summed E-state index contributed by atoms with van der Waals surface area (Å²) in [4.78, 5) is 5.00. The molecule has 3 heteroatoms. The van der Waals surface area contributed by atoms with Crippen molar-refractivity contribution in [1.29, 1.82) is 0 Å². The minimum absolute atomic E-state index is 0.623. The van der Waals surface area contributed by atoms with Crippen LogP contribution in [0.2, 0.25) is 0 Å². The summed E-state index contributed by atoms with van der Waals surface area (Å²) in [6.07, 6.45) is 5.29. The van der Waals surface area contributed by atoms with Crippen LogP contribution in [0.15, 0.2) is 0 Å². The Bertz CT molecular complexity index is 183. The molecule has 1 N–H and O–H groups in total. The normalized spacial score (nSPS) is 11.1. The third kappa shape index (κ3) is 17.8. The van der Waals surface area contributed by atoms with Crippen molar-refractivity contribution in [3.05, 3.63) is 0 Å². The zero-order valence-electron chi connectivity index (χ0n) is 16.0. The number of nitrogens with one attached hydrogen (secondary N) is 1. The zero-order chi connectivity index (χ0) is 16.5. The highest BCUT2D eigenvalue weighted by atomic mass is 15.1. The molecule has 0 aromatic heterocycles. The Labute approximate surface area is 135 Å². The largest absolute Gasteiger partial charge is 0.315 e. The molecule has 130 valence electrons. The van der Waals surface area contributed by atoms with Gasteiger partial charge in [-0.1, -0.05) is 41.5 Å². The fourth-order valence-corrected chi connectivity index (χ4v) is 2.15. The fourth-order valence-electron chi connectivity index (χ4n) is 2.15. The van der Waals surface area contributed by atoms with Crippen LogP contribution < -0.4 is 5.32 Å². The smallest absolute Gasteiger partial charge is 0.00103 e. The minimum Gasteiger partial charge on any atom is -0.315 e. The van der Waals surface area contributed by atoms with Gasteiger partial charge in [0.2, 0.25) is 0 Å². The average molecular weight is 302 g/mol. The second-order valence-electron chi connectivity index (χ2n) is 5.85. The number of rotatable bonds is 13.